The molecule has 0 aliphatic rings. The number of carbonyl (C=O) groups is 1. The molecule has 2 aromatic carbocycles. The van der Waals surface area contributed by atoms with Gasteiger partial charge < -0.3 is 4.74 Å². The Kier molecular flexibility index (Phi) is 5.16. The second kappa shape index (κ2) is 7.09. The average molecular weight is 310 g/mol. The zero-order valence-corrected chi connectivity index (χ0v) is 14.0. The zero-order chi connectivity index (χ0) is 16.9. The number of benzene rings is 2. The van der Waals surface area contributed by atoms with Crippen molar-refractivity contribution in [2.24, 2.45) is 5.10 Å². The van der Waals surface area contributed by atoms with Gasteiger partial charge in [0.2, 0.25) is 0 Å². The van der Waals surface area contributed by atoms with Crippen molar-refractivity contribution in [3.05, 3.63) is 65.2 Å². The Hall–Kier alpha value is -2.62. The highest BCUT2D eigenvalue weighted by Crippen LogP contribution is 2.22. The van der Waals surface area contributed by atoms with Crippen LogP contribution in [0.3, 0.4) is 0 Å². The molecule has 0 aliphatic carbocycles. The summed E-state index contributed by atoms with van der Waals surface area (Å²) in [6, 6.07) is 15.0. The van der Waals surface area contributed by atoms with Crippen molar-refractivity contribution in [1.29, 1.82) is 0 Å². The van der Waals surface area contributed by atoms with Crippen molar-refractivity contribution in [2.45, 2.75) is 26.2 Å². The Morgan fingerprint density at radius 3 is 2.43 bits per heavy atom. The molecule has 2 aromatic rings. The number of carbonyl (C=O) groups excluding carboxylic acids is 1. The summed E-state index contributed by atoms with van der Waals surface area (Å²) < 4.78 is 5.14. The quantitative estimate of drug-likeness (QED) is 0.690. The standard InChI is InChI=1S/C19H22N2O2/c1-19(2,3)16-10-8-15(9-11-16)18(22)21-20-13-14-6-5-7-17(12-14)23-4/h5-13H,1-4H3,(H,21,22)/b20-13-. The van der Waals surface area contributed by atoms with Gasteiger partial charge in [-0.2, -0.15) is 5.10 Å². The molecule has 4 heteroatoms. The minimum Gasteiger partial charge on any atom is -0.497 e. The molecule has 0 radical (unpaired) electrons. The summed E-state index contributed by atoms with van der Waals surface area (Å²) in [6.45, 7) is 6.42. The van der Waals surface area contributed by atoms with Crippen LogP contribution in [0.5, 0.6) is 5.75 Å². The van der Waals surface area contributed by atoms with Crippen LogP contribution in [0.15, 0.2) is 53.6 Å². The maximum Gasteiger partial charge on any atom is 0.271 e. The summed E-state index contributed by atoms with van der Waals surface area (Å²) in [5.74, 6) is 0.516. The van der Waals surface area contributed by atoms with Gasteiger partial charge in [0, 0.05) is 5.56 Å². The molecule has 0 saturated carbocycles. The predicted molar refractivity (Wildman–Crippen MR) is 93.2 cm³/mol. The normalized spacial score (nSPS) is 11.5. The lowest BCUT2D eigenvalue weighted by Crippen LogP contribution is -2.18. The SMILES string of the molecule is COc1cccc(/C=N\NC(=O)c2ccc(C(C)(C)C)cc2)c1. The van der Waals surface area contributed by atoms with Gasteiger partial charge in [-0.1, -0.05) is 45.0 Å². The van der Waals surface area contributed by atoms with Crippen LogP contribution in [0, 0.1) is 0 Å². The molecule has 0 unspecified atom stereocenters. The first-order chi connectivity index (χ1) is 10.9. The van der Waals surface area contributed by atoms with Crippen LogP contribution in [-0.2, 0) is 5.41 Å². The third kappa shape index (κ3) is 4.68. The van der Waals surface area contributed by atoms with Gasteiger partial charge in [-0.25, -0.2) is 5.43 Å². The van der Waals surface area contributed by atoms with Crippen LogP contribution in [0.4, 0.5) is 0 Å². The largest absolute Gasteiger partial charge is 0.497 e. The van der Waals surface area contributed by atoms with E-state index in [1.807, 2.05) is 48.5 Å². The first-order valence-corrected chi connectivity index (χ1v) is 7.48. The molecule has 1 amide bonds. The number of nitrogens with zero attached hydrogens (tertiary/aromatic N) is 1. The Bertz CT molecular complexity index is 698. The van der Waals surface area contributed by atoms with Gasteiger partial charge >= 0.3 is 0 Å². The molecule has 0 aromatic heterocycles. The topological polar surface area (TPSA) is 50.7 Å². The predicted octanol–water partition coefficient (Wildman–Crippen LogP) is 3.76. The summed E-state index contributed by atoms with van der Waals surface area (Å²) in [4.78, 5) is 12.1. The minimum absolute atomic E-state index is 0.0690. The number of methoxy groups -OCH3 is 1. The summed E-state index contributed by atoms with van der Waals surface area (Å²) in [5, 5.41) is 3.98. The lowest BCUT2D eigenvalue weighted by molar-refractivity contribution is 0.0955. The van der Waals surface area contributed by atoms with Gasteiger partial charge in [0.05, 0.1) is 13.3 Å². The van der Waals surface area contributed by atoms with E-state index < -0.39 is 0 Å². The van der Waals surface area contributed by atoms with Gasteiger partial charge in [0.1, 0.15) is 5.75 Å². The maximum atomic E-state index is 12.1. The Balaban J connectivity index is 2.00. The average Bonchev–Trinajstić information content (AvgIpc) is 2.54. The highest BCUT2D eigenvalue weighted by molar-refractivity contribution is 5.94. The fourth-order valence-electron chi connectivity index (χ4n) is 2.07. The summed E-state index contributed by atoms with van der Waals surface area (Å²) in [6.07, 6.45) is 1.59. The van der Waals surface area contributed by atoms with Gasteiger partial charge in [0.25, 0.3) is 5.91 Å². The number of ether oxygens (including phenoxy) is 1. The summed E-state index contributed by atoms with van der Waals surface area (Å²) in [5.41, 5.74) is 5.23. The van der Waals surface area contributed by atoms with Gasteiger partial charge in [-0.05, 0) is 40.8 Å². The van der Waals surface area contributed by atoms with Crippen molar-refractivity contribution in [3.8, 4) is 5.75 Å². The summed E-state index contributed by atoms with van der Waals surface area (Å²) in [7, 11) is 1.61. The highest BCUT2D eigenvalue weighted by Gasteiger charge is 2.14. The Morgan fingerprint density at radius 1 is 1.13 bits per heavy atom. The molecule has 0 atom stereocenters. The monoisotopic (exact) mass is 310 g/mol. The maximum absolute atomic E-state index is 12.1. The minimum atomic E-state index is -0.232. The van der Waals surface area contributed by atoms with E-state index in [-0.39, 0.29) is 11.3 Å². The van der Waals surface area contributed by atoms with E-state index in [9.17, 15) is 4.79 Å². The molecule has 0 heterocycles. The van der Waals surface area contributed by atoms with E-state index in [4.69, 9.17) is 4.74 Å². The number of rotatable bonds is 4. The fourth-order valence-corrected chi connectivity index (χ4v) is 2.07. The molecule has 4 nitrogen and oxygen atoms in total. The zero-order valence-electron chi connectivity index (χ0n) is 14.0. The fraction of sp³-hybridized carbons (Fsp3) is 0.263. The lowest BCUT2D eigenvalue weighted by atomic mass is 9.87. The molecule has 0 aliphatic heterocycles. The van der Waals surface area contributed by atoms with Crippen LogP contribution in [-0.4, -0.2) is 19.2 Å². The Labute approximate surface area is 137 Å². The number of hydrogen-bond acceptors (Lipinski definition) is 3. The molecule has 0 spiro atoms. The molecule has 0 fully saturated rings. The third-order valence-corrected chi connectivity index (χ3v) is 3.49. The highest BCUT2D eigenvalue weighted by atomic mass is 16.5. The second-order valence-corrected chi connectivity index (χ2v) is 6.30. The van der Waals surface area contributed by atoms with Crippen LogP contribution in [0.2, 0.25) is 0 Å². The first-order valence-electron chi connectivity index (χ1n) is 7.48. The van der Waals surface area contributed by atoms with Gasteiger partial charge in [-0.3, -0.25) is 4.79 Å². The second-order valence-electron chi connectivity index (χ2n) is 6.30. The van der Waals surface area contributed by atoms with E-state index in [1.54, 1.807) is 13.3 Å². The molecule has 23 heavy (non-hydrogen) atoms. The molecule has 0 bridgehead atoms. The molecular weight excluding hydrogens is 288 g/mol. The van der Waals surface area contributed by atoms with Crippen LogP contribution >= 0.6 is 0 Å². The van der Waals surface area contributed by atoms with Crippen molar-refractivity contribution in [2.75, 3.05) is 7.11 Å². The Morgan fingerprint density at radius 2 is 1.83 bits per heavy atom. The van der Waals surface area contributed by atoms with E-state index in [2.05, 4.69) is 31.3 Å². The number of nitrogens with one attached hydrogen (secondary N) is 1. The first kappa shape index (κ1) is 16.7. The van der Waals surface area contributed by atoms with Crippen molar-refractivity contribution >= 4 is 12.1 Å². The lowest BCUT2D eigenvalue weighted by Gasteiger charge is -2.18. The molecule has 0 saturated heterocycles. The number of amides is 1. The smallest absolute Gasteiger partial charge is 0.271 e. The molecular formula is C19H22N2O2. The van der Waals surface area contributed by atoms with E-state index in [0.29, 0.717) is 5.56 Å². The van der Waals surface area contributed by atoms with Gasteiger partial charge in [0.15, 0.2) is 0 Å². The van der Waals surface area contributed by atoms with E-state index in [0.717, 1.165) is 11.3 Å². The van der Waals surface area contributed by atoms with Crippen molar-refractivity contribution in [3.63, 3.8) is 0 Å². The third-order valence-electron chi connectivity index (χ3n) is 3.49. The number of hydrogen-bond donors (Lipinski definition) is 1. The summed E-state index contributed by atoms with van der Waals surface area (Å²) >= 11 is 0. The molecule has 2 rings (SSSR count). The van der Waals surface area contributed by atoms with Crippen LogP contribution in [0.25, 0.3) is 0 Å². The van der Waals surface area contributed by atoms with Crippen molar-refractivity contribution in [1.82, 2.24) is 5.43 Å². The van der Waals surface area contributed by atoms with Crippen LogP contribution < -0.4 is 10.2 Å². The van der Waals surface area contributed by atoms with E-state index >= 15 is 0 Å². The van der Waals surface area contributed by atoms with Crippen molar-refractivity contribution < 1.29 is 9.53 Å². The van der Waals surface area contributed by atoms with E-state index in [1.165, 1.54) is 5.56 Å². The molecule has 1 N–H and O–H groups in total. The van der Waals surface area contributed by atoms with Crippen LogP contribution in [0.1, 0.15) is 42.3 Å². The molecule has 120 valence electrons. The number of hydrazone groups is 1. The van der Waals surface area contributed by atoms with Gasteiger partial charge in [-0.15, -0.1) is 0 Å².